The SMILES string of the molecule is OCC1CCN(c2nnc(C(F)(F)F)s2)CC1. The van der Waals surface area contributed by atoms with E-state index in [0.29, 0.717) is 29.6 Å². The summed E-state index contributed by atoms with van der Waals surface area (Å²) in [4.78, 5) is 1.79. The number of piperidine rings is 1. The predicted molar refractivity (Wildman–Crippen MR) is 56.9 cm³/mol. The number of aromatic nitrogens is 2. The summed E-state index contributed by atoms with van der Waals surface area (Å²) >= 11 is 0.571. The van der Waals surface area contributed by atoms with Crippen LogP contribution in [0.25, 0.3) is 0 Å². The lowest BCUT2D eigenvalue weighted by atomic mass is 9.98. The number of nitrogens with zero attached hydrogens (tertiary/aromatic N) is 3. The van der Waals surface area contributed by atoms with Crippen molar-refractivity contribution in [2.45, 2.75) is 19.0 Å². The van der Waals surface area contributed by atoms with Crippen molar-refractivity contribution in [3.8, 4) is 0 Å². The Balaban J connectivity index is 2.02. The molecule has 2 rings (SSSR count). The number of hydrogen-bond donors (Lipinski definition) is 1. The third kappa shape index (κ3) is 2.86. The molecule has 0 saturated carbocycles. The van der Waals surface area contributed by atoms with Crippen LogP contribution in [0.5, 0.6) is 0 Å². The number of aliphatic hydroxyl groups excluding tert-OH is 1. The lowest BCUT2D eigenvalue weighted by molar-refractivity contribution is -0.138. The summed E-state index contributed by atoms with van der Waals surface area (Å²) in [5.41, 5.74) is 0. The quantitative estimate of drug-likeness (QED) is 0.887. The number of rotatable bonds is 2. The molecule has 1 N–H and O–H groups in total. The number of aliphatic hydroxyl groups is 1. The molecule has 0 unspecified atom stereocenters. The van der Waals surface area contributed by atoms with Crippen LogP contribution in [-0.4, -0.2) is 35.0 Å². The molecule has 0 amide bonds. The average molecular weight is 267 g/mol. The van der Waals surface area contributed by atoms with Gasteiger partial charge in [0.25, 0.3) is 0 Å². The van der Waals surface area contributed by atoms with Crippen molar-refractivity contribution < 1.29 is 18.3 Å². The van der Waals surface area contributed by atoms with Gasteiger partial charge in [0.1, 0.15) is 0 Å². The standard InChI is InChI=1S/C9H12F3N3OS/c10-9(11,12)7-13-14-8(17-7)15-3-1-6(5-16)2-4-15/h6,16H,1-5H2. The molecule has 0 aliphatic carbocycles. The number of hydrogen-bond acceptors (Lipinski definition) is 5. The van der Waals surface area contributed by atoms with E-state index in [0.717, 1.165) is 12.8 Å². The van der Waals surface area contributed by atoms with Crippen LogP contribution < -0.4 is 4.90 Å². The van der Waals surface area contributed by atoms with Gasteiger partial charge in [-0.15, -0.1) is 10.2 Å². The fraction of sp³-hybridized carbons (Fsp3) is 0.778. The Morgan fingerprint density at radius 3 is 2.41 bits per heavy atom. The second-order valence-electron chi connectivity index (χ2n) is 4.00. The fourth-order valence-electron chi connectivity index (χ4n) is 1.76. The van der Waals surface area contributed by atoms with E-state index in [4.69, 9.17) is 5.11 Å². The normalized spacial score (nSPS) is 18.7. The lowest BCUT2D eigenvalue weighted by Crippen LogP contribution is -2.34. The zero-order valence-electron chi connectivity index (χ0n) is 8.94. The van der Waals surface area contributed by atoms with Crippen LogP contribution in [0, 0.1) is 5.92 Å². The molecule has 8 heteroatoms. The highest BCUT2D eigenvalue weighted by atomic mass is 32.1. The smallest absolute Gasteiger partial charge is 0.396 e. The van der Waals surface area contributed by atoms with Crippen LogP contribution in [-0.2, 0) is 6.18 Å². The molecule has 4 nitrogen and oxygen atoms in total. The maximum Gasteiger partial charge on any atom is 0.445 e. The van der Waals surface area contributed by atoms with Gasteiger partial charge in [0.2, 0.25) is 10.1 Å². The van der Waals surface area contributed by atoms with Gasteiger partial charge in [0.05, 0.1) is 0 Å². The maximum absolute atomic E-state index is 12.3. The maximum atomic E-state index is 12.3. The van der Waals surface area contributed by atoms with Crippen molar-refractivity contribution in [3.05, 3.63) is 5.01 Å². The van der Waals surface area contributed by atoms with Crippen molar-refractivity contribution in [1.82, 2.24) is 10.2 Å². The third-order valence-electron chi connectivity index (χ3n) is 2.80. The number of halogens is 3. The van der Waals surface area contributed by atoms with Crippen molar-refractivity contribution in [2.24, 2.45) is 5.92 Å². The summed E-state index contributed by atoms with van der Waals surface area (Å²) in [6.45, 7) is 1.38. The summed E-state index contributed by atoms with van der Waals surface area (Å²) < 4.78 is 37.0. The molecule has 96 valence electrons. The molecule has 2 heterocycles. The molecule has 17 heavy (non-hydrogen) atoms. The van der Waals surface area contributed by atoms with Crippen molar-refractivity contribution in [3.63, 3.8) is 0 Å². The molecule has 0 radical (unpaired) electrons. The first kappa shape index (κ1) is 12.6. The Morgan fingerprint density at radius 2 is 1.94 bits per heavy atom. The molecule has 0 spiro atoms. The second kappa shape index (κ2) is 4.77. The van der Waals surface area contributed by atoms with Crippen LogP contribution in [0.4, 0.5) is 18.3 Å². The molecular weight excluding hydrogens is 255 g/mol. The molecule has 1 aromatic heterocycles. The Morgan fingerprint density at radius 1 is 1.29 bits per heavy atom. The second-order valence-corrected chi connectivity index (χ2v) is 4.96. The van der Waals surface area contributed by atoms with Crippen LogP contribution in [0.15, 0.2) is 0 Å². The minimum absolute atomic E-state index is 0.137. The summed E-state index contributed by atoms with van der Waals surface area (Å²) in [7, 11) is 0. The molecule has 0 atom stereocenters. The summed E-state index contributed by atoms with van der Waals surface area (Å²) in [5, 5.41) is 15.1. The Bertz CT molecular complexity index is 374. The van der Waals surface area contributed by atoms with E-state index in [9.17, 15) is 13.2 Å². The van der Waals surface area contributed by atoms with Crippen LogP contribution in [0.3, 0.4) is 0 Å². The monoisotopic (exact) mass is 267 g/mol. The fourth-order valence-corrected chi connectivity index (χ4v) is 2.53. The van der Waals surface area contributed by atoms with E-state index in [-0.39, 0.29) is 12.5 Å². The van der Waals surface area contributed by atoms with Gasteiger partial charge < -0.3 is 10.0 Å². The highest BCUT2D eigenvalue weighted by Crippen LogP contribution is 2.35. The van der Waals surface area contributed by atoms with Gasteiger partial charge in [-0.25, -0.2) is 0 Å². The van der Waals surface area contributed by atoms with Gasteiger partial charge in [-0.3, -0.25) is 0 Å². The van der Waals surface area contributed by atoms with Crippen LogP contribution in [0.2, 0.25) is 0 Å². The lowest BCUT2D eigenvalue weighted by Gasteiger charge is -2.30. The van der Waals surface area contributed by atoms with Gasteiger partial charge in [-0.1, -0.05) is 11.3 Å². The summed E-state index contributed by atoms with van der Waals surface area (Å²) in [5.74, 6) is 0.251. The van der Waals surface area contributed by atoms with E-state index in [1.165, 1.54) is 0 Å². The van der Waals surface area contributed by atoms with Gasteiger partial charge in [-0.05, 0) is 18.8 Å². The van der Waals surface area contributed by atoms with Crippen molar-refractivity contribution in [2.75, 3.05) is 24.6 Å². The highest BCUT2D eigenvalue weighted by molar-refractivity contribution is 7.15. The summed E-state index contributed by atoms with van der Waals surface area (Å²) in [6.07, 6.45) is -2.87. The van der Waals surface area contributed by atoms with E-state index >= 15 is 0 Å². The number of alkyl halides is 3. The zero-order valence-corrected chi connectivity index (χ0v) is 9.76. The molecule has 1 aliphatic heterocycles. The summed E-state index contributed by atoms with van der Waals surface area (Å²) in [6, 6.07) is 0. The topological polar surface area (TPSA) is 49.2 Å². The average Bonchev–Trinajstić information content (AvgIpc) is 2.78. The van der Waals surface area contributed by atoms with Gasteiger partial charge in [-0.2, -0.15) is 13.2 Å². The van der Waals surface area contributed by atoms with E-state index in [1.54, 1.807) is 4.90 Å². The highest BCUT2D eigenvalue weighted by Gasteiger charge is 2.36. The predicted octanol–water partition coefficient (Wildman–Crippen LogP) is 1.77. The first-order valence-electron chi connectivity index (χ1n) is 5.27. The number of anilines is 1. The molecule has 1 saturated heterocycles. The Hall–Kier alpha value is -0.890. The molecule has 0 aromatic carbocycles. The van der Waals surface area contributed by atoms with Crippen molar-refractivity contribution >= 4 is 16.5 Å². The van der Waals surface area contributed by atoms with E-state index < -0.39 is 11.2 Å². The molecule has 1 aliphatic rings. The van der Waals surface area contributed by atoms with Crippen LogP contribution >= 0.6 is 11.3 Å². The zero-order chi connectivity index (χ0) is 12.5. The first-order chi connectivity index (χ1) is 8.00. The Labute approximate surface area is 100 Å². The van der Waals surface area contributed by atoms with E-state index in [1.807, 2.05) is 0 Å². The van der Waals surface area contributed by atoms with E-state index in [2.05, 4.69) is 10.2 Å². The Kier molecular flexibility index (Phi) is 3.53. The third-order valence-corrected chi connectivity index (χ3v) is 3.83. The van der Waals surface area contributed by atoms with Gasteiger partial charge >= 0.3 is 6.18 Å². The minimum Gasteiger partial charge on any atom is -0.396 e. The molecule has 0 bridgehead atoms. The largest absolute Gasteiger partial charge is 0.445 e. The minimum atomic E-state index is -4.42. The molecular formula is C9H12F3N3OS. The molecule has 1 fully saturated rings. The van der Waals surface area contributed by atoms with Crippen LogP contribution in [0.1, 0.15) is 17.8 Å². The molecule has 1 aromatic rings. The first-order valence-corrected chi connectivity index (χ1v) is 6.09. The van der Waals surface area contributed by atoms with Gasteiger partial charge in [0, 0.05) is 19.7 Å². The van der Waals surface area contributed by atoms with Gasteiger partial charge in [0.15, 0.2) is 0 Å². The van der Waals surface area contributed by atoms with Crippen molar-refractivity contribution in [1.29, 1.82) is 0 Å².